The summed E-state index contributed by atoms with van der Waals surface area (Å²) in [5, 5.41) is 30.9. The van der Waals surface area contributed by atoms with Crippen LogP contribution in [0.4, 0.5) is 4.79 Å². The Morgan fingerprint density at radius 3 is 2.71 bits per heavy atom. The number of nitrogens with one attached hydrogen (secondary N) is 1. The SMILES string of the molecule is CC(C)(C)OC(=O)NCC(O)C(O)c1cccc(C#N)n1. The first-order chi connectivity index (χ1) is 9.73. The molecule has 1 rings (SSSR count). The number of aliphatic hydroxyl groups is 2. The summed E-state index contributed by atoms with van der Waals surface area (Å²) >= 11 is 0. The summed E-state index contributed by atoms with van der Waals surface area (Å²) < 4.78 is 5.01. The van der Waals surface area contributed by atoms with Crippen LogP contribution < -0.4 is 5.32 Å². The zero-order valence-electron chi connectivity index (χ0n) is 12.2. The Morgan fingerprint density at radius 1 is 1.48 bits per heavy atom. The van der Waals surface area contributed by atoms with E-state index >= 15 is 0 Å². The van der Waals surface area contributed by atoms with E-state index in [2.05, 4.69) is 10.3 Å². The Labute approximate surface area is 123 Å². The number of hydrogen-bond acceptors (Lipinski definition) is 6. The van der Waals surface area contributed by atoms with E-state index in [4.69, 9.17) is 10.00 Å². The number of rotatable bonds is 4. The van der Waals surface area contributed by atoms with E-state index in [1.54, 1.807) is 26.8 Å². The van der Waals surface area contributed by atoms with Crippen LogP contribution in [-0.4, -0.2) is 39.5 Å². The lowest BCUT2D eigenvalue weighted by molar-refractivity contribution is 0.0108. The zero-order chi connectivity index (χ0) is 16.0. The first-order valence-electron chi connectivity index (χ1n) is 6.43. The van der Waals surface area contributed by atoms with Gasteiger partial charge in [0.05, 0.1) is 5.69 Å². The van der Waals surface area contributed by atoms with Crippen LogP contribution in [0.15, 0.2) is 18.2 Å². The van der Waals surface area contributed by atoms with Gasteiger partial charge in [-0.05, 0) is 32.9 Å². The quantitative estimate of drug-likeness (QED) is 0.758. The minimum absolute atomic E-state index is 0.138. The second-order valence-corrected chi connectivity index (χ2v) is 5.45. The van der Waals surface area contributed by atoms with Crippen molar-refractivity contribution in [1.82, 2.24) is 10.3 Å². The maximum atomic E-state index is 11.4. The third-order valence-electron chi connectivity index (χ3n) is 2.41. The van der Waals surface area contributed by atoms with Crippen LogP contribution in [0, 0.1) is 11.3 Å². The van der Waals surface area contributed by atoms with E-state index in [0.29, 0.717) is 0 Å². The molecule has 7 nitrogen and oxygen atoms in total. The molecular weight excluding hydrogens is 274 g/mol. The van der Waals surface area contributed by atoms with Gasteiger partial charge >= 0.3 is 6.09 Å². The first kappa shape index (κ1) is 16.9. The van der Waals surface area contributed by atoms with E-state index in [0.717, 1.165) is 0 Å². The maximum Gasteiger partial charge on any atom is 0.407 e. The van der Waals surface area contributed by atoms with Gasteiger partial charge in [0.2, 0.25) is 0 Å². The average Bonchev–Trinajstić information content (AvgIpc) is 2.42. The van der Waals surface area contributed by atoms with Crippen LogP contribution in [0.25, 0.3) is 0 Å². The molecule has 3 N–H and O–H groups in total. The molecular formula is C14H19N3O4. The van der Waals surface area contributed by atoms with Gasteiger partial charge in [0.15, 0.2) is 0 Å². The second kappa shape index (κ2) is 7.02. The monoisotopic (exact) mass is 293 g/mol. The van der Waals surface area contributed by atoms with E-state index in [-0.39, 0.29) is 17.9 Å². The molecule has 21 heavy (non-hydrogen) atoms. The van der Waals surface area contributed by atoms with Crippen LogP contribution in [0.5, 0.6) is 0 Å². The summed E-state index contributed by atoms with van der Waals surface area (Å²) in [4.78, 5) is 15.3. The number of alkyl carbamates (subject to hydrolysis) is 1. The molecule has 0 aliphatic rings. The molecule has 0 saturated heterocycles. The van der Waals surface area contributed by atoms with Crippen molar-refractivity contribution in [1.29, 1.82) is 5.26 Å². The minimum Gasteiger partial charge on any atom is -0.444 e. The number of aromatic nitrogens is 1. The van der Waals surface area contributed by atoms with Crippen molar-refractivity contribution in [2.45, 2.75) is 38.6 Å². The molecule has 0 aliphatic heterocycles. The molecule has 1 heterocycles. The van der Waals surface area contributed by atoms with E-state index in [1.165, 1.54) is 12.1 Å². The molecule has 114 valence electrons. The Bertz CT molecular complexity index is 534. The molecule has 0 bridgehead atoms. The molecule has 1 aromatic rings. The highest BCUT2D eigenvalue weighted by Gasteiger charge is 2.22. The third kappa shape index (κ3) is 5.77. The third-order valence-corrected chi connectivity index (χ3v) is 2.41. The molecule has 0 aromatic carbocycles. The smallest absolute Gasteiger partial charge is 0.407 e. The van der Waals surface area contributed by atoms with Gasteiger partial charge in [-0.1, -0.05) is 6.07 Å². The first-order valence-corrected chi connectivity index (χ1v) is 6.43. The number of ether oxygens (including phenoxy) is 1. The van der Waals surface area contributed by atoms with Gasteiger partial charge in [0.1, 0.15) is 29.6 Å². The summed E-state index contributed by atoms with van der Waals surface area (Å²) in [5.41, 5.74) is -0.345. The van der Waals surface area contributed by atoms with Crippen LogP contribution in [0.2, 0.25) is 0 Å². The predicted molar refractivity (Wildman–Crippen MR) is 74.2 cm³/mol. The van der Waals surface area contributed by atoms with Gasteiger partial charge in [-0.3, -0.25) is 0 Å². The van der Waals surface area contributed by atoms with Gasteiger partial charge in [-0.15, -0.1) is 0 Å². The van der Waals surface area contributed by atoms with Crippen molar-refractivity contribution in [2.24, 2.45) is 0 Å². The van der Waals surface area contributed by atoms with Crippen molar-refractivity contribution in [3.63, 3.8) is 0 Å². The van der Waals surface area contributed by atoms with Gasteiger partial charge in [-0.25, -0.2) is 9.78 Å². The number of nitrogens with zero attached hydrogens (tertiary/aromatic N) is 2. The summed E-state index contributed by atoms with van der Waals surface area (Å²) in [6.45, 7) is 4.95. The van der Waals surface area contributed by atoms with Crippen molar-refractivity contribution >= 4 is 6.09 Å². The van der Waals surface area contributed by atoms with Gasteiger partial charge in [-0.2, -0.15) is 5.26 Å². The number of pyridine rings is 1. The fourth-order valence-electron chi connectivity index (χ4n) is 1.49. The Hall–Kier alpha value is -2.17. The lowest BCUT2D eigenvalue weighted by Crippen LogP contribution is -2.39. The molecule has 0 radical (unpaired) electrons. The molecule has 2 unspecified atom stereocenters. The zero-order valence-corrected chi connectivity index (χ0v) is 12.2. The Kier molecular flexibility index (Phi) is 5.64. The maximum absolute atomic E-state index is 11.4. The molecule has 1 aromatic heterocycles. The number of nitriles is 1. The molecule has 2 atom stereocenters. The molecule has 1 amide bonds. The van der Waals surface area contributed by atoms with E-state index in [9.17, 15) is 15.0 Å². The van der Waals surface area contributed by atoms with Crippen molar-refractivity contribution in [3.05, 3.63) is 29.6 Å². The predicted octanol–water partition coefficient (Wildman–Crippen LogP) is 0.872. The van der Waals surface area contributed by atoms with E-state index in [1.807, 2.05) is 6.07 Å². The second-order valence-electron chi connectivity index (χ2n) is 5.45. The average molecular weight is 293 g/mol. The summed E-state index contributed by atoms with van der Waals surface area (Å²) in [6.07, 6.45) is -3.26. The number of amides is 1. The number of carbonyl (C=O) groups excluding carboxylic acids is 1. The van der Waals surface area contributed by atoms with Crippen LogP contribution >= 0.6 is 0 Å². The molecule has 0 aliphatic carbocycles. The van der Waals surface area contributed by atoms with Crippen molar-refractivity contribution < 1.29 is 19.7 Å². The molecule has 0 saturated carbocycles. The number of hydrogen-bond donors (Lipinski definition) is 3. The normalized spacial score (nSPS) is 13.9. The Morgan fingerprint density at radius 2 is 2.14 bits per heavy atom. The molecule has 0 spiro atoms. The molecule has 7 heteroatoms. The lowest BCUT2D eigenvalue weighted by Gasteiger charge is -2.22. The fraction of sp³-hybridized carbons (Fsp3) is 0.500. The summed E-state index contributed by atoms with van der Waals surface area (Å²) in [5.74, 6) is 0. The summed E-state index contributed by atoms with van der Waals surface area (Å²) in [7, 11) is 0. The van der Waals surface area contributed by atoms with Crippen LogP contribution in [-0.2, 0) is 4.74 Å². The van der Waals surface area contributed by atoms with Crippen LogP contribution in [0.3, 0.4) is 0 Å². The van der Waals surface area contributed by atoms with Gasteiger partial charge in [0, 0.05) is 6.54 Å². The van der Waals surface area contributed by atoms with E-state index < -0.39 is 23.9 Å². The van der Waals surface area contributed by atoms with Crippen molar-refractivity contribution in [2.75, 3.05) is 6.54 Å². The highest BCUT2D eigenvalue weighted by molar-refractivity contribution is 5.67. The highest BCUT2D eigenvalue weighted by Crippen LogP contribution is 2.15. The number of aliphatic hydroxyl groups excluding tert-OH is 2. The standard InChI is InChI=1S/C14H19N3O4/c1-14(2,3)21-13(20)16-8-11(18)12(19)10-6-4-5-9(7-15)17-10/h4-6,11-12,18-19H,8H2,1-3H3,(H,16,20). The summed E-state index contributed by atoms with van der Waals surface area (Å²) in [6, 6.07) is 6.37. The minimum atomic E-state index is -1.31. The van der Waals surface area contributed by atoms with Gasteiger partial charge < -0.3 is 20.3 Å². The number of carbonyl (C=O) groups is 1. The largest absolute Gasteiger partial charge is 0.444 e. The lowest BCUT2D eigenvalue weighted by atomic mass is 10.1. The van der Waals surface area contributed by atoms with Gasteiger partial charge in [0.25, 0.3) is 0 Å². The van der Waals surface area contributed by atoms with Crippen molar-refractivity contribution in [3.8, 4) is 6.07 Å². The molecule has 0 fully saturated rings. The highest BCUT2D eigenvalue weighted by atomic mass is 16.6. The topological polar surface area (TPSA) is 115 Å². The Balaban J connectivity index is 2.57. The van der Waals surface area contributed by atoms with Crippen LogP contribution in [0.1, 0.15) is 38.3 Å². The fourth-order valence-corrected chi connectivity index (χ4v) is 1.49.